The van der Waals surface area contributed by atoms with Crippen molar-refractivity contribution in [3.8, 4) is 11.3 Å². The van der Waals surface area contributed by atoms with Crippen molar-refractivity contribution < 1.29 is 14.3 Å². The molecule has 7 nitrogen and oxygen atoms in total. The van der Waals surface area contributed by atoms with Crippen molar-refractivity contribution in [1.82, 2.24) is 24.8 Å². The summed E-state index contributed by atoms with van der Waals surface area (Å²) in [4.78, 5) is 25.7. The number of amides is 1. The van der Waals surface area contributed by atoms with E-state index in [0.29, 0.717) is 23.4 Å². The summed E-state index contributed by atoms with van der Waals surface area (Å²) in [6.07, 6.45) is 2.80. The summed E-state index contributed by atoms with van der Waals surface area (Å²) in [5.41, 5.74) is 4.49. The number of pyridine rings is 2. The predicted molar refractivity (Wildman–Crippen MR) is 128 cm³/mol. The van der Waals surface area contributed by atoms with E-state index in [0.717, 1.165) is 22.0 Å². The number of fused-ring (bicyclic) bond motifs is 2. The molecule has 34 heavy (non-hydrogen) atoms. The highest BCUT2D eigenvalue weighted by Crippen LogP contribution is 2.24. The normalized spacial score (nSPS) is 12.2. The molecule has 1 amide bonds. The van der Waals surface area contributed by atoms with E-state index in [1.807, 2.05) is 34.9 Å². The first-order chi connectivity index (χ1) is 16.5. The Morgan fingerprint density at radius 3 is 2.76 bits per heavy atom. The number of aliphatic hydroxyl groups excluding tert-OH is 1. The molecule has 0 aliphatic rings. The molecule has 2 N–H and O–H groups in total. The SMILES string of the molecule is CC(O)CNC(=O)c1ccc(-c2ccc3ncn(Cc4ccc5ncccc5c4)c3n2)cc1F. The van der Waals surface area contributed by atoms with Crippen LogP contribution in [0.5, 0.6) is 0 Å². The average molecular weight is 455 g/mol. The van der Waals surface area contributed by atoms with Crippen LogP contribution in [0.3, 0.4) is 0 Å². The van der Waals surface area contributed by atoms with Crippen LogP contribution in [-0.2, 0) is 6.54 Å². The molecule has 0 aliphatic carbocycles. The van der Waals surface area contributed by atoms with E-state index >= 15 is 0 Å². The molecule has 0 aliphatic heterocycles. The average Bonchev–Trinajstić information content (AvgIpc) is 3.24. The van der Waals surface area contributed by atoms with Crippen molar-refractivity contribution in [2.75, 3.05) is 6.54 Å². The number of imidazole rings is 1. The number of nitrogens with one attached hydrogen (secondary N) is 1. The number of aromatic nitrogens is 4. The second-order valence-electron chi connectivity index (χ2n) is 8.20. The molecule has 0 spiro atoms. The van der Waals surface area contributed by atoms with Crippen LogP contribution in [0.1, 0.15) is 22.8 Å². The molecule has 1 unspecified atom stereocenters. The Morgan fingerprint density at radius 2 is 1.94 bits per heavy atom. The Labute approximate surface area is 194 Å². The first kappa shape index (κ1) is 21.7. The number of rotatable bonds is 6. The molecule has 8 heteroatoms. The van der Waals surface area contributed by atoms with E-state index in [4.69, 9.17) is 4.98 Å². The van der Waals surface area contributed by atoms with Gasteiger partial charge >= 0.3 is 0 Å². The molecule has 5 rings (SSSR count). The van der Waals surface area contributed by atoms with E-state index in [9.17, 15) is 14.3 Å². The fourth-order valence-corrected chi connectivity index (χ4v) is 3.83. The van der Waals surface area contributed by atoms with Crippen molar-refractivity contribution in [3.63, 3.8) is 0 Å². The topological polar surface area (TPSA) is 92.9 Å². The van der Waals surface area contributed by atoms with Crippen LogP contribution in [0.2, 0.25) is 0 Å². The fraction of sp³-hybridized carbons (Fsp3) is 0.154. The lowest BCUT2D eigenvalue weighted by Gasteiger charge is -2.09. The molecule has 0 saturated heterocycles. The Kier molecular flexibility index (Phi) is 5.73. The van der Waals surface area contributed by atoms with E-state index in [1.54, 1.807) is 31.6 Å². The third-order valence-electron chi connectivity index (χ3n) is 5.55. The van der Waals surface area contributed by atoms with Crippen molar-refractivity contribution in [2.45, 2.75) is 19.6 Å². The number of hydrogen-bond acceptors (Lipinski definition) is 5. The lowest BCUT2D eigenvalue weighted by Crippen LogP contribution is -2.31. The molecular formula is C26H22FN5O2. The minimum Gasteiger partial charge on any atom is -0.392 e. The number of halogens is 1. The quantitative estimate of drug-likeness (QED) is 0.405. The summed E-state index contributed by atoms with van der Waals surface area (Å²) in [6, 6.07) is 18.1. The molecule has 0 fully saturated rings. The van der Waals surface area contributed by atoms with Gasteiger partial charge < -0.3 is 15.0 Å². The number of carbonyl (C=O) groups is 1. The van der Waals surface area contributed by atoms with Crippen molar-refractivity contribution in [3.05, 3.63) is 90.1 Å². The van der Waals surface area contributed by atoms with E-state index < -0.39 is 17.8 Å². The summed E-state index contributed by atoms with van der Waals surface area (Å²) in [5, 5.41) is 12.9. The molecule has 5 aromatic rings. The second-order valence-corrected chi connectivity index (χ2v) is 8.20. The molecule has 0 radical (unpaired) electrons. The zero-order valence-electron chi connectivity index (χ0n) is 18.4. The van der Waals surface area contributed by atoms with Gasteiger partial charge in [-0.2, -0.15) is 0 Å². The van der Waals surface area contributed by atoms with E-state index in [1.165, 1.54) is 12.1 Å². The minimum atomic E-state index is -0.710. The number of carbonyl (C=O) groups excluding carboxylic acids is 1. The van der Waals surface area contributed by atoms with E-state index in [-0.39, 0.29) is 12.1 Å². The van der Waals surface area contributed by atoms with Crippen LogP contribution < -0.4 is 5.32 Å². The Balaban J connectivity index is 1.43. The minimum absolute atomic E-state index is 0.0515. The monoisotopic (exact) mass is 455 g/mol. The van der Waals surface area contributed by atoms with Crippen molar-refractivity contribution >= 4 is 28.0 Å². The molecular weight excluding hydrogens is 433 g/mol. The van der Waals surface area contributed by atoms with Gasteiger partial charge in [0.05, 0.1) is 35.8 Å². The Bertz CT molecular complexity index is 1510. The van der Waals surface area contributed by atoms with Crippen molar-refractivity contribution in [2.24, 2.45) is 0 Å². The summed E-state index contributed by atoms with van der Waals surface area (Å²) < 4.78 is 16.6. The largest absolute Gasteiger partial charge is 0.392 e. The van der Waals surface area contributed by atoms with Crippen LogP contribution in [-0.4, -0.2) is 43.2 Å². The molecule has 3 aromatic heterocycles. The van der Waals surface area contributed by atoms with Crippen LogP contribution in [0.25, 0.3) is 33.3 Å². The molecule has 1 atom stereocenters. The summed E-state index contributed by atoms with van der Waals surface area (Å²) >= 11 is 0. The second kappa shape index (κ2) is 8.99. The number of hydrogen-bond donors (Lipinski definition) is 2. The lowest BCUT2D eigenvalue weighted by molar-refractivity contribution is 0.0920. The number of aliphatic hydroxyl groups is 1. The molecule has 0 bridgehead atoms. The maximum Gasteiger partial charge on any atom is 0.254 e. The highest BCUT2D eigenvalue weighted by Gasteiger charge is 2.15. The van der Waals surface area contributed by atoms with Gasteiger partial charge in [0.1, 0.15) is 11.3 Å². The van der Waals surface area contributed by atoms with Crippen LogP contribution in [0.15, 0.2) is 73.2 Å². The fourth-order valence-electron chi connectivity index (χ4n) is 3.83. The summed E-state index contributed by atoms with van der Waals surface area (Å²) in [6.45, 7) is 2.17. The predicted octanol–water partition coefficient (Wildman–Crippen LogP) is 3.94. The zero-order valence-corrected chi connectivity index (χ0v) is 18.4. The number of nitrogens with zero attached hydrogens (tertiary/aromatic N) is 4. The smallest absolute Gasteiger partial charge is 0.254 e. The molecule has 2 aromatic carbocycles. The van der Waals surface area contributed by atoms with Gasteiger partial charge in [0.25, 0.3) is 5.91 Å². The summed E-state index contributed by atoms with van der Waals surface area (Å²) in [5.74, 6) is -1.22. The molecule has 170 valence electrons. The van der Waals surface area contributed by atoms with E-state index in [2.05, 4.69) is 21.4 Å². The van der Waals surface area contributed by atoms with Gasteiger partial charge in [0.15, 0.2) is 5.65 Å². The number of benzene rings is 2. The zero-order chi connectivity index (χ0) is 23.7. The van der Waals surface area contributed by atoms with Gasteiger partial charge in [-0.1, -0.05) is 18.2 Å². The van der Waals surface area contributed by atoms with Gasteiger partial charge in [-0.15, -0.1) is 0 Å². The molecule has 3 heterocycles. The van der Waals surface area contributed by atoms with Crippen LogP contribution >= 0.6 is 0 Å². The Morgan fingerprint density at radius 1 is 1.09 bits per heavy atom. The maximum absolute atomic E-state index is 14.7. The first-order valence-corrected chi connectivity index (χ1v) is 10.9. The highest BCUT2D eigenvalue weighted by atomic mass is 19.1. The third-order valence-corrected chi connectivity index (χ3v) is 5.55. The van der Waals surface area contributed by atoms with Crippen LogP contribution in [0, 0.1) is 5.82 Å². The lowest BCUT2D eigenvalue weighted by atomic mass is 10.1. The van der Waals surface area contributed by atoms with Crippen LogP contribution in [0.4, 0.5) is 4.39 Å². The standard InChI is InChI=1S/C26H22FN5O2/c1-16(33)13-29-26(34)20-6-5-19(12-21(20)27)23-8-9-24-25(31-23)32(15-30-24)14-17-4-7-22-18(11-17)3-2-10-28-22/h2-12,15-16,33H,13-14H2,1H3,(H,29,34). The van der Waals surface area contributed by atoms with Gasteiger partial charge in [-0.25, -0.2) is 14.4 Å². The summed E-state index contributed by atoms with van der Waals surface area (Å²) in [7, 11) is 0. The van der Waals surface area contributed by atoms with Gasteiger partial charge in [-0.3, -0.25) is 9.78 Å². The van der Waals surface area contributed by atoms with Gasteiger partial charge in [0.2, 0.25) is 0 Å². The maximum atomic E-state index is 14.7. The van der Waals surface area contributed by atoms with Crippen molar-refractivity contribution in [1.29, 1.82) is 0 Å². The molecule has 0 saturated carbocycles. The highest BCUT2D eigenvalue weighted by molar-refractivity contribution is 5.95. The van der Waals surface area contributed by atoms with Gasteiger partial charge in [-0.05, 0) is 55.0 Å². The third kappa shape index (κ3) is 4.35. The van der Waals surface area contributed by atoms with Gasteiger partial charge in [0, 0.05) is 23.7 Å². The first-order valence-electron chi connectivity index (χ1n) is 10.9. The Hall–Kier alpha value is -4.17.